The largest absolute Gasteiger partial charge is 0.469 e. The fourth-order valence-electron chi connectivity index (χ4n) is 2.29. The van der Waals surface area contributed by atoms with Gasteiger partial charge in [0.2, 0.25) is 5.91 Å². The smallest absolute Gasteiger partial charge is 0.306 e. The third kappa shape index (κ3) is 4.82. The van der Waals surface area contributed by atoms with Gasteiger partial charge in [0.1, 0.15) is 12.7 Å². The summed E-state index contributed by atoms with van der Waals surface area (Å²) in [6, 6.07) is 0. The van der Waals surface area contributed by atoms with Gasteiger partial charge in [-0.05, 0) is 0 Å². The second-order valence-electron chi connectivity index (χ2n) is 4.96. The summed E-state index contributed by atoms with van der Waals surface area (Å²) in [5.41, 5.74) is 0. The number of rotatable bonds is 6. The number of aryl methyl sites for hydroxylation is 1. The van der Waals surface area contributed by atoms with Crippen LogP contribution in [0.1, 0.15) is 12.8 Å². The molecule has 1 saturated heterocycles. The normalized spacial score (nSPS) is 16.0. The first-order chi connectivity index (χ1) is 10.2. The highest BCUT2D eigenvalue weighted by molar-refractivity contribution is 5.76. The summed E-state index contributed by atoms with van der Waals surface area (Å²) in [4.78, 5) is 31.1. The van der Waals surface area contributed by atoms with Gasteiger partial charge in [0.15, 0.2) is 0 Å². The minimum atomic E-state index is -0.193. The molecule has 1 aliphatic heterocycles. The molecule has 0 aromatic carbocycles. The van der Waals surface area contributed by atoms with Gasteiger partial charge in [0.25, 0.3) is 0 Å². The van der Waals surface area contributed by atoms with Gasteiger partial charge < -0.3 is 9.64 Å². The lowest BCUT2D eigenvalue weighted by Gasteiger charge is -2.34. The molecule has 0 spiro atoms. The van der Waals surface area contributed by atoms with Crippen LogP contribution in [0.4, 0.5) is 0 Å². The van der Waals surface area contributed by atoms with E-state index in [9.17, 15) is 9.59 Å². The molecule has 8 heteroatoms. The minimum Gasteiger partial charge on any atom is -0.469 e. The third-order valence-corrected chi connectivity index (χ3v) is 3.61. The lowest BCUT2D eigenvalue weighted by molar-refractivity contribution is -0.141. The van der Waals surface area contributed by atoms with Crippen LogP contribution in [0.5, 0.6) is 0 Å². The first kappa shape index (κ1) is 15.4. The summed E-state index contributed by atoms with van der Waals surface area (Å²) >= 11 is 0. The molecular formula is C13H21N5O3. The Morgan fingerprint density at radius 3 is 2.52 bits per heavy atom. The molecule has 0 radical (unpaired) electrons. The Morgan fingerprint density at radius 1 is 1.14 bits per heavy atom. The molecule has 1 aromatic rings. The van der Waals surface area contributed by atoms with Crippen molar-refractivity contribution in [1.29, 1.82) is 0 Å². The van der Waals surface area contributed by atoms with Crippen molar-refractivity contribution < 1.29 is 14.3 Å². The number of hydrogen-bond donors (Lipinski definition) is 0. The van der Waals surface area contributed by atoms with E-state index in [2.05, 4.69) is 19.7 Å². The average molecular weight is 295 g/mol. The van der Waals surface area contributed by atoms with Crippen molar-refractivity contribution in [2.45, 2.75) is 19.4 Å². The maximum atomic E-state index is 12.1. The molecule has 1 amide bonds. The van der Waals surface area contributed by atoms with E-state index in [1.807, 2.05) is 4.90 Å². The van der Waals surface area contributed by atoms with Crippen molar-refractivity contribution in [3.8, 4) is 0 Å². The summed E-state index contributed by atoms with van der Waals surface area (Å²) in [5.74, 6) is -0.0561. The van der Waals surface area contributed by atoms with Gasteiger partial charge in [-0.15, -0.1) is 0 Å². The van der Waals surface area contributed by atoms with E-state index < -0.39 is 0 Å². The van der Waals surface area contributed by atoms with Gasteiger partial charge in [-0.25, -0.2) is 4.98 Å². The van der Waals surface area contributed by atoms with Gasteiger partial charge in [0, 0.05) is 39.1 Å². The molecule has 1 fully saturated rings. The van der Waals surface area contributed by atoms with E-state index >= 15 is 0 Å². The molecule has 2 rings (SSSR count). The first-order valence-corrected chi connectivity index (χ1v) is 7.08. The maximum Gasteiger partial charge on any atom is 0.306 e. The number of esters is 1. The first-order valence-electron chi connectivity index (χ1n) is 7.08. The quantitative estimate of drug-likeness (QED) is 0.650. The number of ether oxygens (including phenoxy) is 1. The maximum absolute atomic E-state index is 12.1. The van der Waals surface area contributed by atoms with Gasteiger partial charge >= 0.3 is 5.97 Å². The molecule has 0 saturated carbocycles. The van der Waals surface area contributed by atoms with Crippen LogP contribution in [-0.4, -0.2) is 76.3 Å². The number of hydrogen-bond acceptors (Lipinski definition) is 6. The SMILES string of the molecule is COC(=O)CCN1CCN(C(=O)CCn2cncn2)CC1. The van der Waals surface area contributed by atoms with Crippen molar-refractivity contribution in [1.82, 2.24) is 24.6 Å². The minimum absolute atomic E-state index is 0.137. The number of aromatic nitrogens is 3. The Kier molecular flexibility index (Phi) is 5.68. The lowest BCUT2D eigenvalue weighted by Crippen LogP contribution is -2.49. The third-order valence-electron chi connectivity index (χ3n) is 3.61. The molecule has 0 atom stereocenters. The number of methoxy groups -OCH3 is 1. The number of carbonyl (C=O) groups is 2. The van der Waals surface area contributed by atoms with E-state index in [1.54, 1.807) is 11.0 Å². The van der Waals surface area contributed by atoms with E-state index in [0.717, 1.165) is 13.1 Å². The predicted octanol–water partition coefficient (Wildman–Crippen LogP) is -0.624. The zero-order valence-electron chi connectivity index (χ0n) is 12.3. The standard InChI is InChI=1S/C13H21N5O3/c1-21-13(20)3-4-16-6-8-17(9-7-16)12(19)2-5-18-11-14-10-15-18/h10-11H,2-9H2,1H3. The van der Waals surface area contributed by atoms with Crippen LogP contribution >= 0.6 is 0 Å². The number of amides is 1. The van der Waals surface area contributed by atoms with Crippen LogP contribution in [0.25, 0.3) is 0 Å². The van der Waals surface area contributed by atoms with Crippen molar-refractivity contribution in [2.24, 2.45) is 0 Å². The van der Waals surface area contributed by atoms with Crippen molar-refractivity contribution in [2.75, 3.05) is 39.8 Å². The van der Waals surface area contributed by atoms with E-state index in [0.29, 0.717) is 39.0 Å². The molecule has 116 valence electrons. The molecule has 2 heterocycles. The van der Waals surface area contributed by atoms with Gasteiger partial charge in [-0.1, -0.05) is 0 Å². The van der Waals surface area contributed by atoms with E-state index in [1.165, 1.54) is 13.4 Å². The second-order valence-corrected chi connectivity index (χ2v) is 4.96. The van der Waals surface area contributed by atoms with Crippen LogP contribution in [-0.2, 0) is 20.9 Å². The summed E-state index contributed by atoms with van der Waals surface area (Å²) in [7, 11) is 1.40. The predicted molar refractivity (Wildman–Crippen MR) is 74.3 cm³/mol. The van der Waals surface area contributed by atoms with Crippen molar-refractivity contribution in [3.63, 3.8) is 0 Å². The molecule has 1 aromatic heterocycles. The number of nitrogens with zero attached hydrogens (tertiary/aromatic N) is 5. The highest BCUT2D eigenvalue weighted by Crippen LogP contribution is 2.05. The highest BCUT2D eigenvalue weighted by Gasteiger charge is 2.21. The molecule has 8 nitrogen and oxygen atoms in total. The van der Waals surface area contributed by atoms with E-state index in [4.69, 9.17) is 0 Å². The summed E-state index contributed by atoms with van der Waals surface area (Å²) in [5, 5.41) is 3.98. The Morgan fingerprint density at radius 2 is 1.90 bits per heavy atom. The fraction of sp³-hybridized carbons (Fsp3) is 0.692. The molecule has 0 N–H and O–H groups in total. The number of piperazine rings is 1. The summed E-state index contributed by atoms with van der Waals surface area (Å²) < 4.78 is 6.28. The topological polar surface area (TPSA) is 80.6 Å². The van der Waals surface area contributed by atoms with Gasteiger partial charge in [0.05, 0.1) is 20.1 Å². The lowest BCUT2D eigenvalue weighted by atomic mass is 10.2. The molecular weight excluding hydrogens is 274 g/mol. The molecule has 21 heavy (non-hydrogen) atoms. The Hall–Kier alpha value is -1.96. The molecule has 1 aliphatic rings. The van der Waals surface area contributed by atoms with Crippen LogP contribution in [0.15, 0.2) is 12.7 Å². The van der Waals surface area contributed by atoms with Crippen LogP contribution < -0.4 is 0 Å². The van der Waals surface area contributed by atoms with Gasteiger partial charge in [-0.3, -0.25) is 19.2 Å². The molecule has 0 bridgehead atoms. The Labute approximate surface area is 123 Å². The number of carbonyl (C=O) groups excluding carboxylic acids is 2. The molecule has 0 unspecified atom stereocenters. The van der Waals surface area contributed by atoms with Crippen LogP contribution in [0.2, 0.25) is 0 Å². The van der Waals surface area contributed by atoms with Crippen LogP contribution in [0, 0.1) is 0 Å². The average Bonchev–Trinajstić information content (AvgIpc) is 3.04. The molecule has 0 aliphatic carbocycles. The van der Waals surface area contributed by atoms with Crippen LogP contribution in [0.3, 0.4) is 0 Å². The zero-order valence-corrected chi connectivity index (χ0v) is 12.3. The monoisotopic (exact) mass is 295 g/mol. The second kappa shape index (κ2) is 7.72. The Bertz CT molecular complexity index is 454. The zero-order chi connectivity index (χ0) is 15.1. The highest BCUT2D eigenvalue weighted by atomic mass is 16.5. The Balaban J connectivity index is 1.66. The summed E-state index contributed by atoms with van der Waals surface area (Å²) in [6.07, 6.45) is 3.91. The van der Waals surface area contributed by atoms with Crippen molar-refractivity contribution in [3.05, 3.63) is 12.7 Å². The fourth-order valence-corrected chi connectivity index (χ4v) is 2.29. The van der Waals surface area contributed by atoms with E-state index in [-0.39, 0.29) is 11.9 Å². The summed E-state index contributed by atoms with van der Waals surface area (Å²) in [6.45, 7) is 4.25. The van der Waals surface area contributed by atoms with Gasteiger partial charge in [-0.2, -0.15) is 5.10 Å². The van der Waals surface area contributed by atoms with Crippen molar-refractivity contribution >= 4 is 11.9 Å².